The van der Waals surface area contributed by atoms with Gasteiger partial charge in [-0.25, -0.2) is 13.2 Å². The van der Waals surface area contributed by atoms with Gasteiger partial charge < -0.3 is 10.1 Å². The number of ether oxygens (including phenoxy) is 1. The maximum atomic E-state index is 13.0. The van der Waals surface area contributed by atoms with Crippen LogP contribution in [0.1, 0.15) is 44.9 Å². The SMILES string of the molecule is COC(=O)c1ccc(C)c(NC(=O)c2sccc2S(=O)(=O)N2CCCCC2)c1. The van der Waals surface area contributed by atoms with Crippen LogP contribution in [0.2, 0.25) is 0 Å². The number of anilines is 1. The summed E-state index contributed by atoms with van der Waals surface area (Å²) < 4.78 is 32.1. The van der Waals surface area contributed by atoms with Crippen LogP contribution in [0.3, 0.4) is 0 Å². The number of hydrogen-bond acceptors (Lipinski definition) is 6. The first-order valence-corrected chi connectivity index (χ1v) is 11.2. The number of methoxy groups -OCH3 is 1. The standard InChI is InChI=1S/C19H22N2O5S2/c1-13-6-7-14(19(23)26-2)12-15(13)20-18(22)17-16(8-11-27-17)28(24,25)21-9-4-3-5-10-21/h6-8,11-12H,3-5,9-10H2,1-2H3,(H,20,22). The molecule has 0 spiro atoms. The molecule has 2 aromatic rings. The van der Waals surface area contributed by atoms with E-state index < -0.39 is 21.9 Å². The zero-order valence-corrected chi connectivity index (χ0v) is 17.4. The minimum absolute atomic E-state index is 0.0266. The fourth-order valence-corrected chi connectivity index (χ4v) is 5.90. The quantitative estimate of drug-likeness (QED) is 0.747. The van der Waals surface area contributed by atoms with Crippen LogP contribution < -0.4 is 5.32 Å². The molecule has 1 aliphatic heterocycles. The van der Waals surface area contributed by atoms with E-state index in [-0.39, 0.29) is 9.77 Å². The molecular weight excluding hydrogens is 400 g/mol. The number of carbonyl (C=O) groups excluding carboxylic acids is 2. The summed E-state index contributed by atoms with van der Waals surface area (Å²) in [5.41, 5.74) is 1.48. The van der Waals surface area contributed by atoms with Crippen LogP contribution in [-0.4, -0.2) is 44.8 Å². The van der Waals surface area contributed by atoms with Crippen LogP contribution in [0, 0.1) is 6.92 Å². The van der Waals surface area contributed by atoms with Crippen LogP contribution in [0.5, 0.6) is 0 Å². The molecule has 0 atom stereocenters. The molecule has 1 aromatic heterocycles. The molecule has 2 heterocycles. The van der Waals surface area contributed by atoms with E-state index in [2.05, 4.69) is 5.32 Å². The molecular formula is C19H22N2O5S2. The predicted octanol–water partition coefficient (Wildman–Crippen LogP) is 3.27. The number of amides is 1. The molecule has 1 amide bonds. The van der Waals surface area contributed by atoms with E-state index in [1.54, 1.807) is 24.4 Å². The highest BCUT2D eigenvalue weighted by molar-refractivity contribution is 7.89. The Morgan fingerprint density at radius 1 is 1.14 bits per heavy atom. The van der Waals surface area contributed by atoms with Crippen molar-refractivity contribution in [2.24, 2.45) is 0 Å². The van der Waals surface area contributed by atoms with Gasteiger partial charge in [-0.1, -0.05) is 12.5 Å². The highest BCUT2D eigenvalue weighted by Crippen LogP contribution is 2.28. The molecule has 0 radical (unpaired) electrons. The first-order valence-electron chi connectivity index (χ1n) is 8.92. The Bertz CT molecular complexity index is 992. The topological polar surface area (TPSA) is 92.8 Å². The predicted molar refractivity (Wildman–Crippen MR) is 107 cm³/mol. The number of carbonyl (C=O) groups is 2. The molecule has 1 aromatic carbocycles. The smallest absolute Gasteiger partial charge is 0.337 e. The van der Waals surface area contributed by atoms with Crippen molar-refractivity contribution in [2.75, 3.05) is 25.5 Å². The highest BCUT2D eigenvalue weighted by Gasteiger charge is 2.31. The zero-order chi connectivity index (χ0) is 20.3. The Hall–Kier alpha value is -2.23. The van der Waals surface area contributed by atoms with Gasteiger partial charge in [-0.15, -0.1) is 11.3 Å². The fraction of sp³-hybridized carbons (Fsp3) is 0.368. The molecule has 7 nitrogen and oxygen atoms in total. The number of nitrogens with one attached hydrogen (secondary N) is 1. The lowest BCUT2D eigenvalue weighted by Crippen LogP contribution is -2.36. The normalized spacial score (nSPS) is 15.2. The lowest BCUT2D eigenvalue weighted by atomic mass is 10.1. The molecule has 1 fully saturated rings. The second kappa shape index (κ2) is 8.42. The zero-order valence-electron chi connectivity index (χ0n) is 15.7. The van der Waals surface area contributed by atoms with E-state index in [1.807, 2.05) is 0 Å². The molecule has 0 bridgehead atoms. The third kappa shape index (κ3) is 4.11. The van der Waals surface area contributed by atoms with Gasteiger partial charge in [-0.2, -0.15) is 4.31 Å². The van der Waals surface area contributed by atoms with E-state index in [4.69, 9.17) is 4.74 Å². The number of piperidine rings is 1. The summed E-state index contributed by atoms with van der Waals surface area (Å²) in [7, 11) is -2.43. The minimum atomic E-state index is -3.71. The van der Waals surface area contributed by atoms with Gasteiger partial charge in [-0.05, 0) is 48.9 Å². The largest absolute Gasteiger partial charge is 0.465 e. The summed E-state index contributed by atoms with van der Waals surface area (Å²) in [6.07, 6.45) is 2.66. The number of esters is 1. The fourth-order valence-electron chi connectivity index (χ4n) is 3.09. The molecule has 1 saturated heterocycles. The van der Waals surface area contributed by atoms with E-state index in [0.717, 1.165) is 36.2 Å². The van der Waals surface area contributed by atoms with Gasteiger partial charge in [0.25, 0.3) is 5.91 Å². The molecule has 150 valence electrons. The number of nitrogens with zero attached hydrogens (tertiary/aromatic N) is 1. The second-order valence-electron chi connectivity index (χ2n) is 6.55. The Balaban J connectivity index is 1.87. The third-order valence-corrected chi connectivity index (χ3v) is 7.66. The van der Waals surface area contributed by atoms with Gasteiger partial charge in [0.05, 0.1) is 12.7 Å². The first-order chi connectivity index (χ1) is 13.3. The Morgan fingerprint density at radius 2 is 1.86 bits per heavy atom. The van der Waals surface area contributed by atoms with E-state index >= 15 is 0 Å². The maximum absolute atomic E-state index is 13.0. The van der Waals surface area contributed by atoms with Crippen molar-refractivity contribution in [3.8, 4) is 0 Å². The first kappa shape index (κ1) is 20.5. The number of thiophene rings is 1. The lowest BCUT2D eigenvalue weighted by Gasteiger charge is -2.25. The van der Waals surface area contributed by atoms with Gasteiger partial charge >= 0.3 is 5.97 Å². The Morgan fingerprint density at radius 3 is 2.54 bits per heavy atom. The summed E-state index contributed by atoms with van der Waals surface area (Å²) in [4.78, 5) is 24.7. The van der Waals surface area contributed by atoms with Crippen molar-refractivity contribution < 1.29 is 22.7 Å². The van der Waals surface area contributed by atoms with Crippen molar-refractivity contribution in [3.63, 3.8) is 0 Å². The monoisotopic (exact) mass is 422 g/mol. The van der Waals surface area contributed by atoms with Crippen LogP contribution in [0.15, 0.2) is 34.5 Å². The van der Waals surface area contributed by atoms with Gasteiger partial charge in [0, 0.05) is 18.8 Å². The number of hydrogen-bond donors (Lipinski definition) is 1. The van der Waals surface area contributed by atoms with Crippen LogP contribution >= 0.6 is 11.3 Å². The maximum Gasteiger partial charge on any atom is 0.337 e. The number of sulfonamides is 1. The van der Waals surface area contributed by atoms with Gasteiger partial charge in [0.2, 0.25) is 10.0 Å². The number of rotatable bonds is 5. The van der Waals surface area contributed by atoms with Crippen LogP contribution in [0.25, 0.3) is 0 Å². The Kier molecular flexibility index (Phi) is 6.17. The van der Waals surface area contributed by atoms with Crippen LogP contribution in [0.4, 0.5) is 5.69 Å². The van der Waals surface area contributed by atoms with Gasteiger partial charge in [0.1, 0.15) is 9.77 Å². The number of benzene rings is 1. The van der Waals surface area contributed by atoms with Crippen molar-refractivity contribution in [3.05, 3.63) is 45.6 Å². The average molecular weight is 423 g/mol. The van der Waals surface area contributed by atoms with E-state index in [0.29, 0.717) is 24.3 Å². The van der Waals surface area contributed by atoms with Gasteiger partial charge in [-0.3, -0.25) is 4.79 Å². The molecule has 28 heavy (non-hydrogen) atoms. The molecule has 0 unspecified atom stereocenters. The second-order valence-corrected chi connectivity index (χ2v) is 9.38. The molecule has 0 aliphatic carbocycles. The summed E-state index contributed by atoms with van der Waals surface area (Å²) in [5, 5.41) is 4.33. The van der Waals surface area contributed by atoms with Crippen molar-refractivity contribution >= 4 is 38.9 Å². The molecule has 0 saturated carbocycles. The molecule has 1 aliphatic rings. The van der Waals surface area contributed by atoms with E-state index in [1.165, 1.54) is 23.5 Å². The average Bonchev–Trinajstić information content (AvgIpc) is 3.20. The minimum Gasteiger partial charge on any atom is -0.465 e. The van der Waals surface area contributed by atoms with Gasteiger partial charge in [0.15, 0.2) is 0 Å². The number of aryl methyl sites for hydroxylation is 1. The summed E-state index contributed by atoms with van der Waals surface area (Å²) in [6, 6.07) is 6.29. The summed E-state index contributed by atoms with van der Waals surface area (Å²) in [6.45, 7) is 2.73. The van der Waals surface area contributed by atoms with Crippen LogP contribution in [-0.2, 0) is 14.8 Å². The van der Waals surface area contributed by atoms with Crippen molar-refractivity contribution in [1.82, 2.24) is 4.31 Å². The third-order valence-electron chi connectivity index (χ3n) is 4.68. The highest BCUT2D eigenvalue weighted by atomic mass is 32.2. The summed E-state index contributed by atoms with van der Waals surface area (Å²) >= 11 is 1.08. The Labute approximate surface area is 168 Å². The summed E-state index contributed by atoms with van der Waals surface area (Å²) in [5.74, 6) is -1.03. The molecule has 9 heteroatoms. The lowest BCUT2D eigenvalue weighted by molar-refractivity contribution is 0.0600. The van der Waals surface area contributed by atoms with Crippen molar-refractivity contribution in [2.45, 2.75) is 31.1 Å². The molecule has 3 rings (SSSR count). The molecule has 1 N–H and O–H groups in total. The van der Waals surface area contributed by atoms with Crippen molar-refractivity contribution in [1.29, 1.82) is 0 Å². The van der Waals surface area contributed by atoms with E-state index in [9.17, 15) is 18.0 Å².